The monoisotopic (exact) mass is 736 g/mol. The molecule has 0 unspecified atom stereocenters. The Balaban J connectivity index is 2.11. The molecule has 192 valence electrons. The van der Waals surface area contributed by atoms with Crippen LogP contribution >= 0.6 is 63.7 Å². The molecule has 2 aromatic carbocycles. The molecule has 35 heavy (non-hydrogen) atoms. The van der Waals surface area contributed by atoms with E-state index in [1.807, 2.05) is 0 Å². The van der Waals surface area contributed by atoms with Gasteiger partial charge in [0.05, 0.1) is 57.5 Å². The summed E-state index contributed by atoms with van der Waals surface area (Å²) in [5, 5.41) is 0. The van der Waals surface area contributed by atoms with Gasteiger partial charge in [0.1, 0.15) is 11.5 Å². The van der Waals surface area contributed by atoms with Crippen molar-refractivity contribution in [3.63, 3.8) is 0 Å². The molecule has 0 amide bonds. The number of rotatable bonds is 16. The van der Waals surface area contributed by atoms with Crippen molar-refractivity contribution in [2.45, 2.75) is 32.1 Å². The van der Waals surface area contributed by atoms with Gasteiger partial charge in [-0.15, -0.1) is 13.2 Å². The minimum atomic E-state index is -0.274. The minimum Gasteiger partial charge on any atom is -0.491 e. The van der Waals surface area contributed by atoms with Crippen LogP contribution in [-0.4, -0.2) is 39.6 Å². The van der Waals surface area contributed by atoms with Gasteiger partial charge < -0.3 is 18.9 Å². The van der Waals surface area contributed by atoms with Gasteiger partial charge in [-0.1, -0.05) is 26.0 Å². The highest BCUT2D eigenvalue weighted by Gasteiger charge is 2.27. The normalized spacial score (nSPS) is 11.4. The van der Waals surface area contributed by atoms with E-state index in [0.717, 1.165) is 53.4 Å². The van der Waals surface area contributed by atoms with E-state index in [9.17, 15) is 0 Å². The molecule has 0 radical (unpaired) electrons. The number of benzene rings is 2. The molecular formula is C27H32Br4O4. The summed E-state index contributed by atoms with van der Waals surface area (Å²) in [4.78, 5) is 0. The van der Waals surface area contributed by atoms with E-state index in [0.29, 0.717) is 39.6 Å². The Bertz CT molecular complexity index is 868. The first kappa shape index (κ1) is 30.6. The summed E-state index contributed by atoms with van der Waals surface area (Å²) >= 11 is 14.8. The second-order valence-corrected chi connectivity index (χ2v) is 11.7. The van der Waals surface area contributed by atoms with Crippen molar-refractivity contribution in [1.82, 2.24) is 0 Å². The minimum absolute atomic E-state index is 0.274. The van der Waals surface area contributed by atoms with E-state index in [2.05, 4.69) is 115 Å². The zero-order valence-electron chi connectivity index (χ0n) is 20.2. The summed E-state index contributed by atoms with van der Waals surface area (Å²) in [6.45, 7) is 15.2. The van der Waals surface area contributed by atoms with Crippen LogP contribution in [-0.2, 0) is 14.9 Å². The maximum absolute atomic E-state index is 6.00. The molecule has 0 spiro atoms. The largest absolute Gasteiger partial charge is 0.491 e. The van der Waals surface area contributed by atoms with Gasteiger partial charge in [0.2, 0.25) is 0 Å². The van der Waals surface area contributed by atoms with Gasteiger partial charge in [0, 0.05) is 18.3 Å². The molecule has 0 bridgehead atoms. The van der Waals surface area contributed by atoms with E-state index < -0.39 is 0 Å². The van der Waals surface area contributed by atoms with Gasteiger partial charge >= 0.3 is 0 Å². The summed E-state index contributed by atoms with van der Waals surface area (Å²) in [5.41, 5.74) is 2.01. The third-order valence-electron chi connectivity index (χ3n) is 5.27. The van der Waals surface area contributed by atoms with Gasteiger partial charge in [0.25, 0.3) is 0 Å². The molecule has 2 aromatic rings. The fraction of sp³-hybridized carbons (Fsp3) is 0.407. The average molecular weight is 740 g/mol. The Morgan fingerprint density at radius 2 is 1.00 bits per heavy atom. The highest BCUT2D eigenvalue weighted by atomic mass is 79.9. The molecule has 8 heteroatoms. The summed E-state index contributed by atoms with van der Waals surface area (Å²) in [5.74, 6) is 1.58. The Hall–Kier alpha value is -0.640. The molecule has 0 aliphatic heterocycles. The van der Waals surface area contributed by atoms with Gasteiger partial charge in [-0.05, 0) is 99.1 Å². The van der Waals surface area contributed by atoms with E-state index in [-0.39, 0.29) is 5.41 Å². The molecule has 2 rings (SSSR count). The van der Waals surface area contributed by atoms with Crippen LogP contribution in [0.3, 0.4) is 0 Å². The smallest absolute Gasteiger partial charge is 0.147 e. The number of hydrogen-bond donors (Lipinski definition) is 0. The highest BCUT2D eigenvalue weighted by Crippen LogP contribution is 2.44. The zero-order valence-corrected chi connectivity index (χ0v) is 26.5. The zero-order chi connectivity index (χ0) is 25.8. The molecule has 0 aromatic heterocycles. The molecule has 0 heterocycles. The van der Waals surface area contributed by atoms with Crippen LogP contribution in [0.4, 0.5) is 0 Å². The van der Waals surface area contributed by atoms with Crippen LogP contribution in [0.25, 0.3) is 0 Å². The first-order valence-corrected chi connectivity index (χ1v) is 14.5. The Morgan fingerprint density at radius 1 is 0.657 bits per heavy atom. The Morgan fingerprint density at radius 3 is 1.31 bits per heavy atom. The Kier molecular flexibility index (Phi) is 13.6. The molecule has 0 aliphatic rings. The molecule has 0 saturated heterocycles. The van der Waals surface area contributed by atoms with E-state index in [1.165, 1.54) is 0 Å². The topological polar surface area (TPSA) is 36.9 Å². The molecular weight excluding hydrogens is 708 g/mol. The lowest BCUT2D eigenvalue weighted by atomic mass is 9.78. The molecule has 0 atom stereocenters. The summed E-state index contributed by atoms with van der Waals surface area (Å²) in [6, 6.07) is 8.46. The third-order valence-corrected chi connectivity index (χ3v) is 7.63. The third kappa shape index (κ3) is 9.31. The first-order chi connectivity index (χ1) is 16.7. The molecule has 4 nitrogen and oxygen atoms in total. The van der Waals surface area contributed by atoms with Crippen LogP contribution < -0.4 is 9.47 Å². The van der Waals surface area contributed by atoms with Crippen molar-refractivity contribution < 1.29 is 18.9 Å². The van der Waals surface area contributed by atoms with Crippen molar-refractivity contribution in [2.24, 2.45) is 0 Å². The van der Waals surface area contributed by atoms with Crippen molar-refractivity contribution in [1.29, 1.82) is 0 Å². The maximum Gasteiger partial charge on any atom is 0.147 e. The summed E-state index contributed by atoms with van der Waals surface area (Å²) in [6.07, 6.45) is 5.10. The van der Waals surface area contributed by atoms with E-state index in [1.54, 1.807) is 12.2 Å². The second-order valence-electron chi connectivity index (χ2n) is 8.29. The van der Waals surface area contributed by atoms with Crippen LogP contribution in [0, 0.1) is 0 Å². The highest BCUT2D eigenvalue weighted by molar-refractivity contribution is 9.11. The summed E-state index contributed by atoms with van der Waals surface area (Å²) in [7, 11) is 0. The van der Waals surface area contributed by atoms with Crippen molar-refractivity contribution >= 4 is 63.7 Å². The number of halogens is 4. The molecule has 0 aliphatic carbocycles. The van der Waals surface area contributed by atoms with E-state index in [4.69, 9.17) is 18.9 Å². The first-order valence-electron chi connectivity index (χ1n) is 11.3. The second kappa shape index (κ2) is 15.6. The van der Waals surface area contributed by atoms with Crippen LogP contribution in [0.1, 0.15) is 37.8 Å². The average Bonchev–Trinajstić information content (AvgIpc) is 2.81. The predicted octanol–water partition coefficient (Wildman–Crippen LogP) is 9.01. The lowest BCUT2D eigenvalue weighted by Gasteiger charge is -2.28. The van der Waals surface area contributed by atoms with Crippen molar-refractivity contribution in [3.8, 4) is 11.5 Å². The molecule has 0 N–H and O–H groups in total. The fourth-order valence-electron chi connectivity index (χ4n) is 3.29. The van der Waals surface area contributed by atoms with Crippen LogP contribution in [0.2, 0.25) is 0 Å². The maximum atomic E-state index is 6.00. The quantitative estimate of drug-likeness (QED) is 0.127. The van der Waals surface area contributed by atoms with Crippen LogP contribution in [0.15, 0.2) is 67.5 Å². The molecule has 0 fully saturated rings. The lowest BCUT2D eigenvalue weighted by molar-refractivity contribution is 0.143. The lowest BCUT2D eigenvalue weighted by Crippen LogP contribution is -2.19. The van der Waals surface area contributed by atoms with Crippen molar-refractivity contribution in [2.75, 3.05) is 39.6 Å². The SMILES string of the molecule is C=CCOCCCOc1c(Br)cc(C(C)(C)c2cc(Br)c(OCCCOCC=C)c(Br)c2)cc1Br. The standard InChI is InChI=1S/C27H32Br4O4/c1-5-9-32-11-7-13-34-25-21(28)15-19(16-22(25)29)27(3,4)20-17-23(30)26(24(31)18-20)35-14-8-12-33-10-6-2/h5-6,15-18H,1-2,7-14H2,3-4H3. The van der Waals surface area contributed by atoms with Gasteiger partial charge in [-0.2, -0.15) is 0 Å². The van der Waals surface area contributed by atoms with Gasteiger partial charge in [0.15, 0.2) is 0 Å². The van der Waals surface area contributed by atoms with E-state index >= 15 is 0 Å². The van der Waals surface area contributed by atoms with Gasteiger partial charge in [-0.3, -0.25) is 0 Å². The predicted molar refractivity (Wildman–Crippen MR) is 158 cm³/mol. The molecule has 0 saturated carbocycles. The Labute approximate surface area is 243 Å². The number of hydrogen-bond acceptors (Lipinski definition) is 4. The van der Waals surface area contributed by atoms with Crippen molar-refractivity contribution in [3.05, 3.63) is 78.6 Å². The summed E-state index contributed by atoms with van der Waals surface area (Å²) < 4.78 is 26.4. The number of ether oxygens (including phenoxy) is 4. The van der Waals surface area contributed by atoms with Crippen LogP contribution in [0.5, 0.6) is 11.5 Å². The fourth-order valence-corrected chi connectivity index (χ4v) is 6.12. The van der Waals surface area contributed by atoms with Gasteiger partial charge in [-0.25, -0.2) is 0 Å².